The summed E-state index contributed by atoms with van der Waals surface area (Å²) in [5, 5.41) is 11.2. The predicted octanol–water partition coefficient (Wildman–Crippen LogP) is 2.59. The molecule has 1 rings (SSSR count). The lowest BCUT2D eigenvalue weighted by Crippen LogP contribution is -2.24. The van der Waals surface area contributed by atoms with Gasteiger partial charge in [0.05, 0.1) is 0 Å². The molecule has 0 bridgehead atoms. The first-order valence-electron chi connectivity index (χ1n) is 6.35. The molecule has 19 heavy (non-hydrogen) atoms. The summed E-state index contributed by atoms with van der Waals surface area (Å²) < 4.78 is 12.9. The van der Waals surface area contributed by atoms with E-state index in [1.54, 1.807) is 6.07 Å². The quantitative estimate of drug-likeness (QED) is 0.711. The van der Waals surface area contributed by atoms with Crippen LogP contribution in [0.4, 0.5) is 4.39 Å². The Labute approximate surface area is 111 Å². The van der Waals surface area contributed by atoms with Crippen LogP contribution in [0.5, 0.6) is 0 Å². The molecular formula is C14H18FNO3. The Morgan fingerprint density at radius 2 is 1.89 bits per heavy atom. The molecule has 0 saturated carbocycles. The fourth-order valence-corrected chi connectivity index (χ4v) is 1.69. The molecule has 0 unspecified atom stereocenters. The molecule has 104 valence electrons. The van der Waals surface area contributed by atoms with Crippen LogP contribution in [0.1, 0.15) is 42.5 Å². The van der Waals surface area contributed by atoms with Crippen LogP contribution in [-0.2, 0) is 4.79 Å². The van der Waals surface area contributed by atoms with Crippen molar-refractivity contribution < 1.29 is 19.1 Å². The number of carboxylic acid groups (broad SMARTS) is 1. The number of carbonyl (C=O) groups excluding carboxylic acids is 1. The SMILES string of the molecule is O=C(O)CCCCCCNC(=O)c1cccc(F)c1. The number of rotatable bonds is 8. The van der Waals surface area contributed by atoms with Crippen molar-refractivity contribution in [1.82, 2.24) is 5.32 Å². The van der Waals surface area contributed by atoms with Crippen molar-refractivity contribution in [2.45, 2.75) is 32.1 Å². The summed E-state index contributed by atoms with van der Waals surface area (Å²) in [5.41, 5.74) is 0.311. The molecule has 0 spiro atoms. The fraction of sp³-hybridized carbons (Fsp3) is 0.429. The van der Waals surface area contributed by atoms with E-state index in [0.717, 1.165) is 19.3 Å². The molecule has 0 atom stereocenters. The summed E-state index contributed by atoms with van der Waals surface area (Å²) in [4.78, 5) is 21.9. The van der Waals surface area contributed by atoms with Gasteiger partial charge in [0.2, 0.25) is 0 Å². The van der Waals surface area contributed by atoms with Crippen LogP contribution in [-0.4, -0.2) is 23.5 Å². The van der Waals surface area contributed by atoms with Crippen molar-refractivity contribution in [3.63, 3.8) is 0 Å². The van der Waals surface area contributed by atoms with Gasteiger partial charge in [-0.1, -0.05) is 18.9 Å². The van der Waals surface area contributed by atoms with Crippen molar-refractivity contribution in [2.75, 3.05) is 6.54 Å². The van der Waals surface area contributed by atoms with Crippen LogP contribution in [0, 0.1) is 5.82 Å². The molecule has 0 aliphatic rings. The minimum Gasteiger partial charge on any atom is -0.481 e. The molecule has 1 amide bonds. The van der Waals surface area contributed by atoms with E-state index in [9.17, 15) is 14.0 Å². The maximum absolute atomic E-state index is 12.9. The molecule has 0 fully saturated rings. The second-order valence-corrected chi connectivity index (χ2v) is 4.32. The third-order valence-electron chi connectivity index (χ3n) is 2.69. The molecule has 1 aromatic carbocycles. The van der Waals surface area contributed by atoms with Gasteiger partial charge in [-0.2, -0.15) is 0 Å². The van der Waals surface area contributed by atoms with Gasteiger partial charge in [0.1, 0.15) is 5.82 Å². The van der Waals surface area contributed by atoms with Gasteiger partial charge in [-0.15, -0.1) is 0 Å². The van der Waals surface area contributed by atoms with Gasteiger partial charge in [-0.05, 0) is 31.0 Å². The highest BCUT2D eigenvalue weighted by Crippen LogP contribution is 2.04. The second-order valence-electron chi connectivity index (χ2n) is 4.32. The summed E-state index contributed by atoms with van der Waals surface area (Å²) >= 11 is 0. The molecule has 4 nitrogen and oxygen atoms in total. The van der Waals surface area contributed by atoms with Crippen LogP contribution in [0.15, 0.2) is 24.3 Å². The van der Waals surface area contributed by atoms with Gasteiger partial charge in [0.15, 0.2) is 0 Å². The Morgan fingerprint density at radius 1 is 1.16 bits per heavy atom. The van der Waals surface area contributed by atoms with Crippen molar-refractivity contribution >= 4 is 11.9 Å². The van der Waals surface area contributed by atoms with E-state index in [-0.39, 0.29) is 12.3 Å². The summed E-state index contributed by atoms with van der Waals surface area (Å²) in [6.45, 7) is 0.516. The lowest BCUT2D eigenvalue weighted by atomic mass is 10.1. The maximum atomic E-state index is 12.9. The van der Waals surface area contributed by atoms with Crippen molar-refractivity contribution in [3.8, 4) is 0 Å². The smallest absolute Gasteiger partial charge is 0.303 e. The van der Waals surface area contributed by atoms with E-state index in [1.165, 1.54) is 18.2 Å². The summed E-state index contributed by atoms with van der Waals surface area (Å²) in [6, 6.07) is 5.54. The zero-order chi connectivity index (χ0) is 14.1. The van der Waals surface area contributed by atoms with Gasteiger partial charge < -0.3 is 10.4 Å². The standard InChI is InChI=1S/C14H18FNO3/c15-12-7-5-6-11(10-12)14(19)16-9-4-2-1-3-8-13(17)18/h5-7,10H,1-4,8-9H2,(H,16,19)(H,17,18). The molecule has 0 saturated heterocycles. The van der Waals surface area contributed by atoms with Crippen molar-refractivity contribution in [1.29, 1.82) is 0 Å². The summed E-state index contributed by atoms with van der Waals surface area (Å²) in [5.74, 6) is -1.49. The lowest BCUT2D eigenvalue weighted by molar-refractivity contribution is -0.137. The molecule has 2 N–H and O–H groups in total. The highest BCUT2D eigenvalue weighted by Gasteiger charge is 2.05. The number of hydrogen-bond acceptors (Lipinski definition) is 2. The largest absolute Gasteiger partial charge is 0.481 e. The monoisotopic (exact) mass is 267 g/mol. The first-order valence-corrected chi connectivity index (χ1v) is 6.35. The average molecular weight is 267 g/mol. The Kier molecular flexibility index (Phi) is 6.57. The van der Waals surface area contributed by atoms with Gasteiger partial charge >= 0.3 is 5.97 Å². The third-order valence-corrected chi connectivity index (χ3v) is 2.69. The van der Waals surface area contributed by atoms with Crippen molar-refractivity contribution in [2.24, 2.45) is 0 Å². The number of unbranched alkanes of at least 4 members (excludes halogenated alkanes) is 3. The second kappa shape index (κ2) is 8.24. The first kappa shape index (κ1) is 15.1. The van der Waals surface area contributed by atoms with E-state index >= 15 is 0 Å². The van der Waals surface area contributed by atoms with E-state index in [4.69, 9.17) is 5.11 Å². The van der Waals surface area contributed by atoms with Crippen LogP contribution in [0.2, 0.25) is 0 Å². The Balaban J connectivity index is 2.12. The molecule has 0 heterocycles. The van der Waals surface area contributed by atoms with Gasteiger partial charge in [-0.25, -0.2) is 4.39 Å². The molecule has 0 aliphatic carbocycles. The van der Waals surface area contributed by atoms with Gasteiger partial charge in [0, 0.05) is 18.5 Å². The van der Waals surface area contributed by atoms with E-state index in [1.807, 2.05) is 0 Å². The zero-order valence-corrected chi connectivity index (χ0v) is 10.7. The molecule has 0 radical (unpaired) electrons. The Morgan fingerprint density at radius 3 is 2.58 bits per heavy atom. The van der Waals surface area contributed by atoms with Crippen LogP contribution in [0.3, 0.4) is 0 Å². The molecule has 1 aromatic rings. The number of amides is 1. The highest BCUT2D eigenvalue weighted by molar-refractivity contribution is 5.94. The topological polar surface area (TPSA) is 66.4 Å². The first-order chi connectivity index (χ1) is 9.09. The van der Waals surface area contributed by atoms with E-state index < -0.39 is 11.8 Å². The molecular weight excluding hydrogens is 249 g/mol. The van der Waals surface area contributed by atoms with Crippen LogP contribution < -0.4 is 5.32 Å². The lowest BCUT2D eigenvalue weighted by Gasteiger charge is -2.05. The number of benzene rings is 1. The summed E-state index contributed by atoms with van der Waals surface area (Å²) in [6.07, 6.45) is 3.35. The molecule has 5 heteroatoms. The Hall–Kier alpha value is -1.91. The van der Waals surface area contributed by atoms with E-state index in [0.29, 0.717) is 18.5 Å². The van der Waals surface area contributed by atoms with Crippen molar-refractivity contribution in [3.05, 3.63) is 35.6 Å². The number of aliphatic carboxylic acids is 1. The van der Waals surface area contributed by atoms with Crippen LogP contribution >= 0.6 is 0 Å². The third kappa shape index (κ3) is 6.55. The molecule has 0 aromatic heterocycles. The van der Waals surface area contributed by atoms with Gasteiger partial charge in [0.25, 0.3) is 5.91 Å². The average Bonchev–Trinajstić information content (AvgIpc) is 2.37. The number of carbonyl (C=O) groups is 2. The minimum absolute atomic E-state index is 0.190. The highest BCUT2D eigenvalue weighted by atomic mass is 19.1. The van der Waals surface area contributed by atoms with Crippen LogP contribution in [0.25, 0.3) is 0 Å². The maximum Gasteiger partial charge on any atom is 0.303 e. The number of nitrogens with one attached hydrogen (secondary N) is 1. The zero-order valence-electron chi connectivity index (χ0n) is 10.7. The van der Waals surface area contributed by atoms with Gasteiger partial charge in [-0.3, -0.25) is 9.59 Å². The number of halogens is 1. The number of carboxylic acids is 1. The summed E-state index contributed by atoms with van der Waals surface area (Å²) in [7, 11) is 0. The van der Waals surface area contributed by atoms with E-state index in [2.05, 4.69) is 5.32 Å². The molecule has 0 aliphatic heterocycles. The fourth-order valence-electron chi connectivity index (χ4n) is 1.69. The normalized spacial score (nSPS) is 10.2. The Bertz CT molecular complexity index is 434. The minimum atomic E-state index is -0.778. The predicted molar refractivity (Wildman–Crippen MR) is 69.5 cm³/mol. The number of hydrogen-bond donors (Lipinski definition) is 2.